The molecule has 0 fully saturated rings. The van der Waals surface area contributed by atoms with E-state index in [-0.39, 0.29) is 16.4 Å². The summed E-state index contributed by atoms with van der Waals surface area (Å²) in [6.45, 7) is -0.00755. The summed E-state index contributed by atoms with van der Waals surface area (Å²) in [4.78, 5) is 10.5. The SMILES string of the molecule is NS(=O)(=O)c1ccc(CNc2ccc(C(F)(F)F)cc2[N+](=O)[O-])s1. The Morgan fingerprint density at radius 3 is 2.42 bits per heavy atom. The number of nitro benzene ring substituents is 1. The number of nitrogens with two attached hydrogens (primary N) is 1. The average molecular weight is 381 g/mol. The molecule has 2 rings (SSSR count). The smallest absolute Gasteiger partial charge is 0.375 e. The number of hydrogen-bond acceptors (Lipinski definition) is 6. The van der Waals surface area contributed by atoms with Crippen molar-refractivity contribution in [1.82, 2.24) is 0 Å². The third-order valence-electron chi connectivity index (χ3n) is 2.89. The maximum Gasteiger partial charge on any atom is 0.416 e. The van der Waals surface area contributed by atoms with Crippen molar-refractivity contribution >= 4 is 32.7 Å². The van der Waals surface area contributed by atoms with Crippen LogP contribution in [0.4, 0.5) is 24.5 Å². The van der Waals surface area contributed by atoms with E-state index >= 15 is 0 Å². The van der Waals surface area contributed by atoms with E-state index in [1.165, 1.54) is 12.1 Å². The Hall–Kier alpha value is -2.18. The summed E-state index contributed by atoms with van der Waals surface area (Å²) in [5.74, 6) is 0. The largest absolute Gasteiger partial charge is 0.416 e. The molecule has 0 radical (unpaired) electrons. The molecular weight excluding hydrogens is 371 g/mol. The molecule has 12 heteroatoms. The lowest BCUT2D eigenvalue weighted by molar-refractivity contribution is -0.384. The molecule has 1 heterocycles. The number of nitro groups is 1. The van der Waals surface area contributed by atoms with Crippen molar-refractivity contribution in [3.63, 3.8) is 0 Å². The van der Waals surface area contributed by atoms with Gasteiger partial charge in [0.25, 0.3) is 5.69 Å². The molecular formula is C12H10F3N3O4S2. The number of hydrogen-bond donors (Lipinski definition) is 2. The van der Waals surface area contributed by atoms with Crippen LogP contribution in [0.25, 0.3) is 0 Å². The van der Waals surface area contributed by atoms with E-state index in [1.54, 1.807) is 0 Å². The van der Waals surface area contributed by atoms with E-state index in [1.807, 2.05) is 0 Å². The summed E-state index contributed by atoms with van der Waals surface area (Å²) in [6, 6.07) is 4.84. The molecule has 0 bridgehead atoms. The van der Waals surface area contributed by atoms with E-state index in [9.17, 15) is 31.7 Å². The minimum atomic E-state index is -4.69. The quantitative estimate of drug-likeness (QED) is 0.610. The number of thiophene rings is 1. The molecule has 0 saturated carbocycles. The van der Waals surface area contributed by atoms with E-state index in [0.29, 0.717) is 10.9 Å². The minimum absolute atomic E-state index is 0.00755. The Balaban J connectivity index is 2.23. The van der Waals surface area contributed by atoms with E-state index < -0.39 is 32.4 Å². The molecule has 0 atom stereocenters. The lowest BCUT2D eigenvalue weighted by Gasteiger charge is -2.10. The van der Waals surface area contributed by atoms with E-state index in [2.05, 4.69) is 5.32 Å². The maximum atomic E-state index is 12.6. The maximum absolute atomic E-state index is 12.6. The second-order valence-corrected chi connectivity index (χ2v) is 7.56. The molecule has 0 unspecified atom stereocenters. The van der Waals surface area contributed by atoms with Crippen LogP contribution < -0.4 is 10.5 Å². The van der Waals surface area contributed by atoms with Gasteiger partial charge in [-0.3, -0.25) is 10.1 Å². The van der Waals surface area contributed by atoms with Crippen molar-refractivity contribution in [2.24, 2.45) is 5.14 Å². The molecule has 3 N–H and O–H groups in total. The van der Waals surface area contributed by atoms with Crippen LogP contribution >= 0.6 is 11.3 Å². The van der Waals surface area contributed by atoms with Crippen LogP contribution in [0.3, 0.4) is 0 Å². The van der Waals surface area contributed by atoms with Crippen molar-refractivity contribution in [3.05, 3.63) is 50.9 Å². The molecule has 0 aliphatic rings. The van der Waals surface area contributed by atoms with Crippen LogP contribution in [0.1, 0.15) is 10.4 Å². The second-order valence-electron chi connectivity index (χ2n) is 4.61. The Kier molecular flexibility index (Phi) is 4.82. The lowest BCUT2D eigenvalue weighted by atomic mass is 10.1. The first-order chi connectivity index (χ1) is 11.0. The van der Waals surface area contributed by atoms with Crippen LogP contribution in [0.2, 0.25) is 0 Å². The van der Waals surface area contributed by atoms with Gasteiger partial charge in [-0.2, -0.15) is 13.2 Å². The van der Waals surface area contributed by atoms with Gasteiger partial charge in [-0.05, 0) is 24.3 Å². The predicted octanol–water partition coefficient (Wildman–Crippen LogP) is 2.93. The first-order valence-electron chi connectivity index (χ1n) is 6.19. The Bertz CT molecular complexity index is 878. The molecule has 130 valence electrons. The number of rotatable bonds is 5. The number of alkyl halides is 3. The number of anilines is 1. The highest BCUT2D eigenvalue weighted by Crippen LogP contribution is 2.35. The van der Waals surface area contributed by atoms with Crippen LogP contribution in [0.15, 0.2) is 34.5 Å². The highest BCUT2D eigenvalue weighted by molar-refractivity contribution is 7.91. The Morgan fingerprint density at radius 1 is 1.25 bits per heavy atom. The number of nitrogens with zero attached hydrogens (tertiary/aromatic N) is 1. The summed E-state index contributed by atoms with van der Waals surface area (Å²) in [6.07, 6.45) is -4.69. The Morgan fingerprint density at radius 2 is 1.92 bits per heavy atom. The number of nitrogens with one attached hydrogen (secondary N) is 1. The zero-order valence-electron chi connectivity index (χ0n) is 11.7. The first kappa shape index (κ1) is 18.2. The second kappa shape index (κ2) is 6.37. The van der Waals surface area contributed by atoms with Gasteiger partial charge in [0, 0.05) is 17.5 Å². The molecule has 0 aliphatic carbocycles. The lowest BCUT2D eigenvalue weighted by Crippen LogP contribution is -2.09. The standard InChI is InChI=1S/C12H10F3N3O4S2/c13-12(14,15)7-1-3-9(10(5-7)18(19)20)17-6-8-2-4-11(23-8)24(16,21)22/h1-5,17H,6H2,(H2,16,21,22). The number of sulfonamides is 1. The van der Waals surface area contributed by atoms with Crippen molar-refractivity contribution < 1.29 is 26.5 Å². The average Bonchev–Trinajstić information content (AvgIpc) is 2.92. The molecule has 0 saturated heterocycles. The fourth-order valence-corrected chi connectivity index (χ4v) is 3.52. The van der Waals surface area contributed by atoms with Gasteiger partial charge in [0.2, 0.25) is 10.0 Å². The highest BCUT2D eigenvalue weighted by Gasteiger charge is 2.33. The molecule has 24 heavy (non-hydrogen) atoms. The fraction of sp³-hybridized carbons (Fsp3) is 0.167. The van der Waals surface area contributed by atoms with Crippen molar-refractivity contribution in [3.8, 4) is 0 Å². The zero-order valence-corrected chi connectivity index (χ0v) is 13.3. The third-order valence-corrected chi connectivity index (χ3v) is 5.42. The van der Waals surface area contributed by atoms with Crippen molar-refractivity contribution in [1.29, 1.82) is 0 Å². The fourth-order valence-electron chi connectivity index (χ4n) is 1.80. The minimum Gasteiger partial charge on any atom is -0.375 e. The molecule has 7 nitrogen and oxygen atoms in total. The van der Waals surface area contributed by atoms with Crippen LogP contribution in [0, 0.1) is 10.1 Å². The number of primary sulfonamides is 1. The van der Waals surface area contributed by atoms with Crippen molar-refractivity contribution in [2.75, 3.05) is 5.32 Å². The molecule has 0 aliphatic heterocycles. The predicted molar refractivity (Wildman–Crippen MR) is 81.1 cm³/mol. The van der Waals surface area contributed by atoms with Crippen LogP contribution in [-0.2, 0) is 22.7 Å². The summed E-state index contributed by atoms with van der Waals surface area (Å²) in [7, 11) is -3.85. The van der Waals surface area contributed by atoms with Gasteiger partial charge in [0.1, 0.15) is 9.90 Å². The van der Waals surface area contributed by atoms with E-state index in [4.69, 9.17) is 5.14 Å². The highest BCUT2D eigenvalue weighted by atomic mass is 32.2. The van der Waals surface area contributed by atoms with Crippen LogP contribution in [0.5, 0.6) is 0 Å². The number of benzene rings is 1. The molecule has 2 aromatic rings. The molecule has 0 spiro atoms. The van der Waals surface area contributed by atoms with Gasteiger partial charge in [-0.25, -0.2) is 13.6 Å². The van der Waals surface area contributed by atoms with Gasteiger partial charge in [-0.15, -0.1) is 11.3 Å². The summed E-state index contributed by atoms with van der Waals surface area (Å²) >= 11 is 0.855. The first-order valence-corrected chi connectivity index (χ1v) is 8.56. The normalized spacial score (nSPS) is 12.2. The Labute approximate surface area is 138 Å². The summed E-state index contributed by atoms with van der Waals surface area (Å²) in [5.41, 5.74) is -1.97. The number of halogens is 3. The van der Waals surface area contributed by atoms with Gasteiger partial charge < -0.3 is 5.32 Å². The van der Waals surface area contributed by atoms with Gasteiger partial charge in [-0.1, -0.05) is 0 Å². The van der Waals surface area contributed by atoms with Gasteiger partial charge in [0.15, 0.2) is 0 Å². The molecule has 0 amide bonds. The third kappa shape index (κ3) is 4.21. The van der Waals surface area contributed by atoms with Gasteiger partial charge >= 0.3 is 6.18 Å². The van der Waals surface area contributed by atoms with Gasteiger partial charge in [0.05, 0.1) is 10.5 Å². The van der Waals surface area contributed by atoms with E-state index in [0.717, 1.165) is 23.5 Å². The molecule has 1 aromatic heterocycles. The summed E-state index contributed by atoms with van der Waals surface area (Å²) in [5, 5.41) is 18.5. The summed E-state index contributed by atoms with van der Waals surface area (Å²) < 4.78 is 60.1. The topological polar surface area (TPSA) is 115 Å². The zero-order chi connectivity index (χ0) is 18.1. The van der Waals surface area contributed by atoms with Crippen LogP contribution in [-0.4, -0.2) is 13.3 Å². The molecule has 1 aromatic carbocycles. The van der Waals surface area contributed by atoms with Crippen molar-refractivity contribution in [2.45, 2.75) is 16.9 Å². The monoisotopic (exact) mass is 381 g/mol.